The largest absolute Gasteiger partial charge is 0.491 e. The van der Waals surface area contributed by atoms with Crippen molar-refractivity contribution in [3.8, 4) is 5.75 Å². The summed E-state index contributed by atoms with van der Waals surface area (Å²) in [7, 11) is 0. The van der Waals surface area contributed by atoms with Crippen LogP contribution in [0, 0.1) is 5.92 Å². The normalized spacial score (nSPS) is 25.5. The van der Waals surface area contributed by atoms with Gasteiger partial charge in [0.05, 0.1) is 12.7 Å². The first-order chi connectivity index (χ1) is 6.90. The van der Waals surface area contributed by atoms with E-state index in [0.717, 1.165) is 12.4 Å². The molecule has 1 saturated heterocycles. The molecule has 2 rings (SSSR count). The van der Waals surface area contributed by atoms with Crippen molar-refractivity contribution in [2.45, 2.75) is 19.4 Å². The first kappa shape index (κ1) is 9.53. The molecule has 0 amide bonds. The van der Waals surface area contributed by atoms with Crippen molar-refractivity contribution in [3.05, 3.63) is 30.3 Å². The molecule has 1 aliphatic heterocycles. The zero-order valence-electron chi connectivity index (χ0n) is 8.48. The Balaban J connectivity index is 1.78. The first-order valence-electron chi connectivity index (χ1n) is 5.19. The molecule has 2 heteroatoms. The SMILES string of the molecule is CCC1COC1COc1ccccc1. The van der Waals surface area contributed by atoms with Gasteiger partial charge in [0.15, 0.2) is 0 Å². The maximum atomic E-state index is 5.62. The minimum atomic E-state index is 0.306. The zero-order valence-corrected chi connectivity index (χ0v) is 8.48. The van der Waals surface area contributed by atoms with Gasteiger partial charge in [-0.15, -0.1) is 0 Å². The molecule has 0 aliphatic carbocycles. The van der Waals surface area contributed by atoms with Gasteiger partial charge in [0.2, 0.25) is 0 Å². The Morgan fingerprint density at radius 3 is 2.71 bits per heavy atom. The lowest BCUT2D eigenvalue weighted by atomic mass is 9.96. The first-order valence-corrected chi connectivity index (χ1v) is 5.19. The lowest BCUT2D eigenvalue weighted by Crippen LogP contribution is -2.43. The lowest BCUT2D eigenvalue weighted by Gasteiger charge is -2.35. The lowest BCUT2D eigenvalue weighted by molar-refractivity contribution is -0.131. The van der Waals surface area contributed by atoms with E-state index in [1.165, 1.54) is 6.42 Å². The zero-order chi connectivity index (χ0) is 9.80. The fourth-order valence-corrected chi connectivity index (χ4v) is 1.63. The van der Waals surface area contributed by atoms with Crippen LogP contribution < -0.4 is 4.74 Å². The van der Waals surface area contributed by atoms with Gasteiger partial charge >= 0.3 is 0 Å². The van der Waals surface area contributed by atoms with Crippen LogP contribution in [0.4, 0.5) is 0 Å². The third-order valence-corrected chi connectivity index (χ3v) is 2.73. The molecule has 0 aromatic heterocycles. The second-order valence-corrected chi connectivity index (χ2v) is 3.66. The predicted octanol–water partition coefficient (Wildman–Crippen LogP) is 2.49. The van der Waals surface area contributed by atoms with Gasteiger partial charge in [-0.25, -0.2) is 0 Å². The maximum Gasteiger partial charge on any atom is 0.119 e. The molecule has 0 radical (unpaired) electrons. The van der Waals surface area contributed by atoms with E-state index in [9.17, 15) is 0 Å². The molecule has 2 nitrogen and oxygen atoms in total. The summed E-state index contributed by atoms with van der Waals surface area (Å²) in [6.07, 6.45) is 1.49. The van der Waals surface area contributed by atoms with Gasteiger partial charge in [-0.1, -0.05) is 25.1 Å². The molecule has 76 valence electrons. The second-order valence-electron chi connectivity index (χ2n) is 3.66. The van der Waals surface area contributed by atoms with Gasteiger partial charge in [-0.05, 0) is 18.6 Å². The van der Waals surface area contributed by atoms with E-state index >= 15 is 0 Å². The summed E-state index contributed by atoms with van der Waals surface area (Å²) in [4.78, 5) is 0. The van der Waals surface area contributed by atoms with Crippen molar-refractivity contribution < 1.29 is 9.47 Å². The summed E-state index contributed by atoms with van der Waals surface area (Å²) in [5, 5.41) is 0. The fraction of sp³-hybridized carbons (Fsp3) is 0.500. The van der Waals surface area contributed by atoms with Crippen molar-refractivity contribution >= 4 is 0 Å². The molecule has 0 saturated carbocycles. The van der Waals surface area contributed by atoms with Gasteiger partial charge in [0, 0.05) is 5.92 Å². The summed E-state index contributed by atoms with van der Waals surface area (Å²) < 4.78 is 11.0. The molecule has 0 bridgehead atoms. The highest BCUT2D eigenvalue weighted by Gasteiger charge is 2.30. The van der Waals surface area contributed by atoms with Crippen LogP contribution in [0.2, 0.25) is 0 Å². The second kappa shape index (κ2) is 4.47. The van der Waals surface area contributed by atoms with E-state index in [2.05, 4.69) is 6.92 Å². The van der Waals surface area contributed by atoms with Gasteiger partial charge in [0.25, 0.3) is 0 Å². The van der Waals surface area contributed by atoms with Gasteiger partial charge in [-0.3, -0.25) is 0 Å². The number of benzene rings is 1. The summed E-state index contributed by atoms with van der Waals surface area (Å²) in [5.74, 6) is 1.62. The Morgan fingerprint density at radius 2 is 2.14 bits per heavy atom. The molecule has 2 atom stereocenters. The van der Waals surface area contributed by atoms with Gasteiger partial charge in [-0.2, -0.15) is 0 Å². The van der Waals surface area contributed by atoms with Crippen LogP contribution in [0.1, 0.15) is 13.3 Å². The molecule has 1 aromatic carbocycles. The molecule has 0 N–H and O–H groups in total. The van der Waals surface area contributed by atoms with E-state index in [-0.39, 0.29) is 0 Å². The standard InChI is InChI=1S/C12H16O2/c1-2-10-8-14-12(10)9-13-11-6-4-3-5-7-11/h3-7,10,12H,2,8-9H2,1H3. The average Bonchev–Trinajstić information content (AvgIpc) is 2.19. The Hall–Kier alpha value is -1.02. The fourth-order valence-electron chi connectivity index (χ4n) is 1.63. The van der Waals surface area contributed by atoms with Crippen LogP contribution >= 0.6 is 0 Å². The van der Waals surface area contributed by atoms with Crippen molar-refractivity contribution in [1.82, 2.24) is 0 Å². The van der Waals surface area contributed by atoms with Gasteiger partial charge < -0.3 is 9.47 Å². The van der Waals surface area contributed by atoms with Crippen LogP contribution in [0.3, 0.4) is 0 Å². The topological polar surface area (TPSA) is 18.5 Å². The predicted molar refractivity (Wildman–Crippen MR) is 55.5 cm³/mol. The molecular formula is C12H16O2. The monoisotopic (exact) mass is 192 g/mol. The Labute approximate surface area is 84.8 Å². The Morgan fingerprint density at radius 1 is 1.36 bits per heavy atom. The van der Waals surface area contributed by atoms with Crippen molar-refractivity contribution in [2.24, 2.45) is 5.92 Å². The van der Waals surface area contributed by atoms with Crippen LogP contribution in [0.5, 0.6) is 5.75 Å². The van der Waals surface area contributed by atoms with Crippen LogP contribution in [-0.4, -0.2) is 19.3 Å². The third kappa shape index (κ3) is 2.07. The smallest absolute Gasteiger partial charge is 0.119 e. The molecule has 1 aliphatic rings. The van der Waals surface area contributed by atoms with Crippen LogP contribution in [-0.2, 0) is 4.74 Å². The average molecular weight is 192 g/mol. The number of hydrogen-bond donors (Lipinski definition) is 0. The quantitative estimate of drug-likeness (QED) is 0.729. The minimum absolute atomic E-state index is 0.306. The Bertz CT molecular complexity index is 269. The molecule has 2 unspecified atom stereocenters. The van der Waals surface area contributed by atoms with Crippen molar-refractivity contribution in [1.29, 1.82) is 0 Å². The summed E-state index contributed by atoms with van der Waals surface area (Å²) in [6, 6.07) is 9.89. The van der Waals surface area contributed by atoms with Crippen LogP contribution in [0.15, 0.2) is 30.3 Å². The number of hydrogen-bond acceptors (Lipinski definition) is 2. The van der Waals surface area contributed by atoms with Crippen LogP contribution in [0.25, 0.3) is 0 Å². The maximum absolute atomic E-state index is 5.62. The molecular weight excluding hydrogens is 176 g/mol. The third-order valence-electron chi connectivity index (χ3n) is 2.73. The number of para-hydroxylation sites is 1. The van der Waals surface area contributed by atoms with E-state index in [1.54, 1.807) is 0 Å². The minimum Gasteiger partial charge on any atom is -0.491 e. The van der Waals surface area contributed by atoms with Crippen molar-refractivity contribution in [3.63, 3.8) is 0 Å². The molecule has 1 heterocycles. The molecule has 1 fully saturated rings. The highest BCUT2D eigenvalue weighted by molar-refractivity contribution is 5.20. The van der Waals surface area contributed by atoms with E-state index in [1.807, 2.05) is 30.3 Å². The molecule has 0 spiro atoms. The highest BCUT2D eigenvalue weighted by atomic mass is 16.5. The molecule has 14 heavy (non-hydrogen) atoms. The number of rotatable bonds is 4. The number of ether oxygens (including phenoxy) is 2. The highest BCUT2D eigenvalue weighted by Crippen LogP contribution is 2.24. The van der Waals surface area contributed by atoms with Gasteiger partial charge in [0.1, 0.15) is 12.4 Å². The summed E-state index contributed by atoms with van der Waals surface area (Å²) >= 11 is 0. The summed E-state index contributed by atoms with van der Waals surface area (Å²) in [6.45, 7) is 3.78. The van der Waals surface area contributed by atoms with E-state index in [4.69, 9.17) is 9.47 Å². The van der Waals surface area contributed by atoms with E-state index in [0.29, 0.717) is 18.6 Å². The summed E-state index contributed by atoms with van der Waals surface area (Å²) in [5.41, 5.74) is 0. The molecule has 1 aromatic rings. The van der Waals surface area contributed by atoms with Crippen molar-refractivity contribution in [2.75, 3.05) is 13.2 Å². The van der Waals surface area contributed by atoms with E-state index < -0.39 is 0 Å². The Kier molecular flexibility index (Phi) is 3.04.